The zero-order valence-corrected chi connectivity index (χ0v) is 14.6. The molecule has 0 radical (unpaired) electrons. The van der Waals surface area contributed by atoms with Crippen LogP contribution >= 0.6 is 0 Å². The van der Waals surface area contributed by atoms with E-state index in [1.54, 1.807) is 0 Å². The number of anilines is 2. The number of carbonyl (C=O) groups is 2. The number of hydrogen-bond donors (Lipinski definition) is 1. The highest BCUT2D eigenvalue weighted by Crippen LogP contribution is 2.24. The Morgan fingerprint density at radius 2 is 1.84 bits per heavy atom. The van der Waals surface area contributed by atoms with Gasteiger partial charge in [0.2, 0.25) is 5.91 Å². The predicted octanol–water partition coefficient (Wildman–Crippen LogP) is 2.52. The van der Waals surface area contributed by atoms with Crippen molar-refractivity contribution < 1.29 is 9.59 Å². The molecule has 1 aromatic carbocycles. The number of benzene rings is 1. The number of fused-ring (bicyclic) bond motifs is 1. The number of carbonyl (C=O) groups excluding carboxylic acids is 2. The average Bonchev–Trinajstić information content (AvgIpc) is 3.08. The Kier molecular flexibility index (Phi) is 4.61. The first-order chi connectivity index (χ1) is 12.2. The van der Waals surface area contributed by atoms with Gasteiger partial charge in [0.05, 0.1) is 0 Å². The first-order valence-corrected chi connectivity index (χ1v) is 9.41. The van der Waals surface area contributed by atoms with Crippen molar-refractivity contribution in [2.45, 2.75) is 38.1 Å². The number of nitrogens with zero attached hydrogens (tertiary/aromatic N) is 3. The summed E-state index contributed by atoms with van der Waals surface area (Å²) in [5, 5.41) is 3.00. The van der Waals surface area contributed by atoms with Crippen molar-refractivity contribution in [2.75, 3.05) is 42.9 Å². The highest BCUT2D eigenvalue weighted by atomic mass is 16.2. The lowest BCUT2D eigenvalue weighted by Gasteiger charge is -2.43. The second-order valence-electron chi connectivity index (χ2n) is 7.26. The fourth-order valence-corrected chi connectivity index (χ4v) is 4.19. The zero-order chi connectivity index (χ0) is 17.2. The van der Waals surface area contributed by atoms with Crippen LogP contribution in [-0.4, -0.2) is 60.5 Å². The summed E-state index contributed by atoms with van der Waals surface area (Å²) in [6.07, 6.45) is 5.31. The smallest absolute Gasteiger partial charge is 0.321 e. The molecular formula is C19H26N4O2. The molecule has 0 unspecified atom stereocenters. The maximum Gasteiger partial charge on any atom is 0.321 e. The highest BCUT2D eigenvalue weighted by Gasteiger charge is 2.31. The van der Waals surface area contributed by atoms with Crippen LogP contribution in [-0.2, 0) is 4.79 Å². The molecule has 3 aliphatic heterocycles. The molecule has 0 bridgehead atoms. The fourth-order valence-electron chi connectivity index (χ4n) is 4.19. The minimum atomic E-state index is -0.0183. The van der Waals surface area contributed by atoms with Crippen molar-refractivity contribution in [3.63, 3.8) is 0 Å². The van der Waals surface area contributed by atoms with Gasteiger partial charge in [-0.2, -0.15) is 0 Å². The van der Waals surface area contributed by atoms with Crippen molar-refractivity contribution in [1.82, 2.24) is 9.80 Å². The molecule has 6 heteroatoms. The first kappa shape index (κ1) is 16.4. The third kappa shape index (κ3) is 3.49. The molecule has 0 spiro atoms. The van der Waals surface area contributed by atoms with Gasteiger partial charge in [0.25, 0.3) is 0 Å². The van der Waals surface area contributed by atoms with Crippen molar-refractivity contribution in [2.24, 2.45) is 0 Å². The summed E-state index contributed by atoms with van der Waals surface area (Å²) in [6, 6.07) is 8.10. The zero-order valence-electron chi connectivity index (χ0n) is 14.6. The topological polar surface area (TPSA) is 55.9 Å². The second-order valence-corrected chi connectivity index (χ2v) is 7.26. The Hall–Kier alpha value is -2.08. The predicted molar refractivity (Wildman–Crippen MR) is 97.8 cm³/mol. The SMILES string of the molecule is O=C(Nc1ccc(N2CCCC2=O)cc1)N1CCN2CCCC[C@@H]2C1. The van der Waals surface area contributed by atoms with Gasteiger partial charge in [-0.3, -0.25) is 9.69 Å². The Bertz CT molecular complexity index is 645. The minimum Gasteiger partial charge on any atom is -0.322 e. The van der Waals surface area contributed by atoms with E-state index in [-0.39, 0.29) is 11.9 Å². The van der Waals surface area contributed by atoms with Crippen molar-refractivity contribution in [3.05, 3.63) is 24.3 Å². The normalized spacial score (nSPS) is 24.3. The number of hydrogen-bond acceptors (Lipinski definition) is 3. The molecule has 0 aromatic heterocycles. The lowest BCUT2D eigenvalue weighted by Crippen LogP contribution is -2.56. The largest absolute Gasteiger partial charge is 0.322 e. The highest BCUT2D eigenvalue weighted by molar-refractivity contribution is 5.96. The summed E-state index contributed by atoms with van der Waals surface area (Å²) in [4.78, 5) is 30.6. The molecule has 0 aliphatic carbocycles. The molecule has 3 fully saturated rings. The van der Waals surface area contributed by atoms with Gasteiger partial charge in [0.15, 0.2) is 0 Å². The molecule has 6 nitrogen and oxygen atoms in total. The van der Waals surface area contributed by atoms with E-state index in [1.807, 2.05) is 34.1 Å². The number of rotatable bonds is 2. The van der Waals surface area contributed by atoms with Gasteiger partial charge in [-0.25, -0.2) is 4.79 Å². The van der Waals surface area contributed by atoms with Crippen LogP contribution in [0.3, 0.4) is 0 Å². The lowest BCUT2D eigenvalue weighted by molar-refractivity contribution is -0.117. The number of piperazine rings is 1. The number of amides is 3. The summed E-state index contributed by atoms with van der Waals surface area (Å²) in [5.74, 6) is 0.183. The van der Waals surface area contributed by atoms with E-state index in [0.29, 0.717) is 12.5 Å². The molecular weight excluding hydrogens is 316 g/mol. The van der Waals surface area contributed by atoms with E-state index in [4.69, 9.17) is 0 Å². The molecule has 25 heavy (non-hydrogen) atoms. The van der Waals surface area contributed by atoms with Crippen LogP contribution in [0.2, 0.25) is 0 Å². The van der Waals surface area contributed by atoms with Crippen LogP contribution in [0.25, 0.3) is 0 Å². The first-order valence-electron chi connectivity index (χ1n) is 9.41. The summed E-state index contributed by atoms with van der Waals surface area (Å²) in [7, 11) is 0. The van der Waals surface area contributed by atoms with E-state index < -0.39 is 0 Å². The van der Waals surface area contributed by atoms with Crippen molar-refractivity contribution in [3.8, 4) is 0 Å². The van der Waals surface area contributed by atoms with Crippen LogP contribution < -0.4 is 10.2 Å². The summed E-state index contributed by atoms with van der Waals surface area (Å²) in [6.45, 7) is 4.57. The van der Waals surface area contributed by atoms with E-state index in [2.05, 4.69) is 10.2 Å². The van der Waals surface area contributed by atoms with Crippen LogP contribution in [0.15, 0.2) is 24.3 Å². The Morgan fingerprint density at radius 1 is 1.00 bits per heavy atom. The van der Waals surface area contributed by atoms with Gasteiger partial charge >= 0.3 is 6.03 Å². The average molecular weight is 342 g/mol. The van der Waals surface area contributed by atoms with E-state index in [1.165, 1.54) is 25.8 Å². The summed E-state index contributed by atoms with van der Waals surface area (Å²) >= 11 is 0. The minimum absolute atomic E-state index is 0.0183. The van der Waals surface area contributed by atoms with Crippen LogP contribution in [0.4, 0.5) is 16.2 Å². The Morgan fingerprint density at radius 3 is 2.60 bits per heavy atom. The van der Waals surface area contributed by atoms with Gasteiger partial charge in [-0.15, -0.1) is 0 Å². The van der Waals surface area contributed by atoms with Crippen LogP contribution in [0.1, 0.15) is 32.1 Å². The van der Waals surface area contributed by atoms with Crippen LogP contribution in [0.5, 0.6) is 0 Å². The van der Waals surface area contributed by atoms with Gasteiger partial charge in [-0.1, -0.05) is 6.42 Å². The lowest BCUT2D eigenvalue weighted by atomic mass is 10.00. The summed E-state index contributed by atoms with van der Waals surface area (Å²) in [5.41, 5.74) is 1.70. The maximum atomic E-state index is 12.6. The van der Waals surface area contributed by atoms with Gasteiger partial charge in [0, 0.05) is 50.0 Å². The van der Waals surface area contributed by atoms with Gasteiger partial charge in [0.1, 0.15) is 0 Å². The standard InChI is InChI=1S/C19H26N4O2/c24-18-5-3-11-23(18)16-8-6-15(7-9-16)20-19(25)22-13-12-21-10-2-1-4-17(21)14-22/h6-9,17H,1-5,10-14H2,(H,20,25)/t17-/m1/s1. The third-order valence-electron chi connectivity index (χ3n) is 5.63. The van der Waals surface area contributed by atoms with Crippen LogP contribution in [0, 0.1) is 0 Å². The monoisotopic (exact) mass is 342 g/mol. The molecule has 134 valence electrons. The van der Waals surface area contributed by atoms with Gasteiger partial charge in [-0.05, 0) is 50.1 Å². The molecule has 3 saturated heterocycles. The van der Waals surface area contributed by atoms with E-state index in [0.717, 1.165) is 44.0 Å². The molecule has 1 N–H and O–H groups in total. The number of urea groups is 1. The Labute approximate surface area is 148 Å². The molecule has 4 rings (SSSR count). The Balaban J connectivity index is 1.35. The third-order valence-corrected chi connectivity index (χ3v) is 5.63. The molecule has 3 heterocycles. The van der Waals surface area contributed by atoms with Crippen molar-refractivity contribution in [1.29, 1.82) is 0 Å². The summed E-state index contributed by atoms with van der Waals surface area (Å²) < 4.78 is 0. The number of piperidine rings is 1. The van der Waals surface area contributed by atoms with Crippen molar-refractivity contribution >= 4 is 23.3 Å². The molecule has 1 aromatic rings. The molecule has 1 atom stereocenters. The van der Waals surface area contributed by atoms with Gasteiger partial charge < -0.3 is 15.1 Å². The van der Waals surface area contributed by atoms with E-state index >= 15 is 0 Å². The number of nitrogens with one attached hydrogen (secondary N) is 1. The quantitative estimate of drug-likeness (QED) is 0.898. The molecule has 3 aliphatic rings. The maximum absolute atomic E-state index is 12.6. The second kappa shape index (κ2) is 7.04. The fraction of sp³-hybridized carbons (Fsp3) is 0.579. The van der Waals surface area contributed by atoms with E-state index in [9.17, 15) is 9.59 Å². The molecule has 0 saturated carbocycles. The molecule has 3 amide bonds.